The van der Waals surface area contributed by atoms with Gasteiger partial charge in [0.1, 0.15) is 18.1 Å². The number of carbonyl (C=O) groups excluding carboxylic acids is 1. The SMILES string of the molecule is COC1=CC(c2ccc[nH]2)=N/C1=C\c1[nH]c(C)c(C(=O)OCc2ccccc2)c1C.Cl. The first-order valence-electron chi connectivity index (χ1n) is 9.67. The molecule has 1 aliphatic heterocycles. The number of allylic oxidation sites excluding steroid dienone is 1. The Labute approximate surface area is 187 Å². The number of rotatable bonds is 6. The van der Waals surface area contributed by atoms with Crippen molar-refractivity contribution in [3.63, 3.8) is 0 Å². The van der Waals surface area contributed by atoms with E-state index in [1.54, 1.807) is 7.11 Å². The van der Waals surface area contributed by atoms with Gasteiger partial charge in [0.2, 0.25) is 0 Å². The minimum Gasteiger partial charge on any atom is -0.494 e. The zero-order valence-corrected chi connectivity index (χ0v) is 18.4. The highest BCUT2D eigenvalue weighted by Gasteiger charge is 2.21. The fourth-order valence-electron chi connectivity index (χ4n) is 3.47. The predicted molar refractivity (Wildman–Crippen MR) is 123 cm³/mol. The number of methoxy groups -OCH3 is 1. The van der Waals surface area contributed by atoms with E-state index in [4.69, 9.17) is 9.47 Å². The van der Waals surface area contributed by atoms with Crippen molar-refractivity contribution in [2.24, 2.45) is 4.99 Å². The van der Waals surface area contributed by atoms with E-state index >= 15 is 0 Å². The van der Waals surface area contributed by atoms with Crippen LogP contribution in [0.5, 0.6) is 0 Å². The lowest BCUT2D eigenvalue weighted by molar-refractivity contribution is 0.0471. The number of halogens is 1. The van der Waals surface area contributed by atoms with Gasteiger partial charge in [0.25, 0.3) is 0 Å². The average molecular weight is 438 g/mol. The number of hydrogen-bond donors (Lipinski definition) is 2. The number of benzene rings is 1. The topological polar surface area (TPSA) is 79.5 Å². The lowest BCUT2D eigenvalue weighted by Crippen LogP contribution is -2.07. The number of aliphatic imine (C=N–C) groups is 1. The first kappa shape index (κ1) is 22.2. The maximum Gasteiger partial charge on any atom is 0.340 e. The van der Waals surface area contributed by atoms with Crippen LogP contribution in [0.2, 0.25) is 0 Å². The molecule has 0 aliphatic carbocycles. The molecule has 0 unspecified atom stereocenters. The van der Waals surface area contributed by atoms with Crippen LogP contribution >= 0.6 is 12.4 Å². The predicted octanol–water partition coefficient (Wildman–Crippen LogP) is 5.11. The molecule has 0 radical (unpaired) electrons. The van der Waals surface area contributed by atoms with Crippen molar-refractivity contribution in [2.75, 3.05) is 7.11 Å². The molecule has 7 heteroatoms. The van der Waals surface area contributed by atoms with Gasteiger partial charge in [0.15, 0.2) is 0 Å². The standard InChI is InChI=1S/C24H23N3O3.ClH/c1-15-19(12-21-22(29-3)13-20(27-21)18-10-7-11-25-18)26-16(2)23(15)24(28)30-14-17-8-5-4-6-9-17;/h4-13,25-26H,14H2,1-3H3;1H/b21-12-;. The third-order valence-electron chi connectivity index (χ3n) is 5.03. The van der Waals surface area contributed by atoms with Crippen molar-refractivity contribution in [2.45, 2.75) is 20.5 Å². The van der Waals surface area contributed by atoms with Crippen LogP contribution in [-0.2, 0) is 16.1 Å². The van der Waals surface area contributed by atoms with Crippen LogP contribution in [0.15, 0.2) is 71.2 Å². The number of carbonyl (C=O) groups is 1. The first-order chi connectivity index (χ1) is 14.6. The molecule has 0 spiro atoms. The molecule has 0 saturated heterocycles. The molecule has 2 aromatic heterocycles. The summed E-state index contributed by atoms with van der Waals surface area (Å²) in [5.41, 5.74) is 6.27. The van der Waals surface area contributed by atoms with Gasteiger partial charge in [-0.2, -0.15) is 0 Å². The number of aromatic amines is 2. The van der Waals surface area contributed by atoms with Gasteiger partial charge >= 0.3 is 5.97 Å². The summed E-state index contributed by atoms with van der Waals surface area (Å²) in [6, 6.07) is 13.5. The van der Waals surface area contributed by atoms with Crippen LogP contribution in [-0.4, -0.2) is 28.8 Å². The monoisotopic (exact) mass is 437 g/mol. The third kappa shape index (κ3) is 4.64. The molecule has 0 saturated carbocycles. The summed E-state index contributed by atoms with van der Waals surface area (Å²) < 4.78 is 11.0. The van der Waals surface area contributed by atoms with E-state index in [9.17, 15) is 4.79 Å². The zero-order chi connectivity index (χ0) is 21.1. The van der Waals surface area contributed by atoms with E-state index in [1.807, 2.05) is 74.7 Å². The van der Waals surface area contributed by atoms with Crippen LogP contribution in [0.3, 0.4) is 0 Å². The van der Waals surface area contributed by atoms with Gasteiger partial charge in [-0.05, 0) is 43.2 Å². The van der Waals surface area contributed by atoms with Gasteiger partial charge in [0.05, 0.1) is 24.1 Å². The lowest BCUT2D eigenvalue weighted by Gasteiger charge is -2.06. The van der Waals surface area contributed by atoms with Crippen molar-refractivity contribution in [3.8, 4) is 0 Å². The second kappa shape index (κ2) is 9.53. The van der Waals surface area contributed by atoms with E-state index in [0.717, 1.165) is 33.9 Å². The fraction of sp³-hybridized carbons (Fsp3) is 0.167. The summed E-state index contributed by atoms with van der Waals surface area (Å²) >= 11 is 0. The van der Waals surface area contributed by atoms with E-state index < -0.39 is 0 Å². The Morgan fingerprint density at radius 2 is 1.90 bits per heavy atom. The summed E-state index contributed by atoms with van der Waals surface area (Å²) in [5, 5.41) is 0. The van der Waals surface area contributed by atoms with E-state index in [1.165, 1.54) is 0 Å². The quantitative estimate of drug-likeness (QED) is 0.526. The molecule has 3 aromatic rings. The van der Waals surface area contributed by atoms with Gasteiger partial charge < -0.3 is 19.4 Å². The Morgan fingerprint density at radius 1 is 1.13 bits per heavy atom. The minimum atomic E-state index is -0.348. The van der Waals surface area contributed by atoms with Crippen molar-refractivity contribution in [3.05, 3.63) is 100.0 Å². The number of hydrogen-bond acceptors (Lipinski definition) is 4. The molecule has 4 rings (SSSR count). The van der Waals surface area contributed by atoms with E-state index in [0.29, 0.717) is 17.0 Å². The number of nitrogens with one attached hydrogen (secondary N) is 2. The molecule has 1 aromatic carbocycles. The summed E-state index contributed by atoms with van der Waals surface area (Å²) in [6.07, 6.45) is 5.63. The molecule has 3 heterocycles. The number of esters is 1. The molecule has 0 atom stereocenters. The smallest absolute Gasteiger partial charge is 0.340 e. The third-order valence-corrected chi connectivity index (χ3v) is 5.03. The van der Waals surface area contributed by atoms with Gasteiger partial charge in [-0.1, -0.05) is 30.3 Å². The number of ether oxygens (including phenoxy) is 2. The maximum absolute atomic E-state index is 12.7. The second-order valence-electron chi connectivity index (χ2n) is 7.05. The van der Waals surface area contributed by atoms with Gasteiger partial charge in [-0.15, -0.1) is 12.4 Å². The van der Waals surface area contributed by atoms with Crippen molar-refractivity contribution >= 4 is 30.2 Å². The molecular formula is C24H24ClN3O3. The van der Waals surface area contributed by atoms with Crippen LogP contribution in [0.4, 0.5) is 0 Å². The van der Waals surface area contributed by atoms with E-state index in [2.05, 4.69) is 15.0 Å². The summed E-state index contributed by atoms with van der Waals surface area (Å²) in [6.45, 7) is 4.00. The van der Waals surface area contributed by atoms with Gasteiger partial charge in [0, 0.05) is 23.7 Å². The second-order valence-corrected chi connectivity index (χ2v) is 7.05. The number of H-pyrrole nitrogens is 2. The Bertz CT molecular complexity index is 1160. The van der Waals surface area contributed by atoms with Crippen molar-refractivity contribution in [1.29, 1.82) is 0 Å². The normalized spacial score (nSPS) is 14.1. The molecule has 160 valence electrons. The van der Waals surface area contributed by atoms with E-state index in [-0.39, 0.29) is 25.0 Å². The van der Waals surface area contributed by atoms with Gasteiger partial charge in [-0.25, -0.2) is 9.79 Å². The first-order valence-corrected chi connectivity index (χ1v) is 9.67. The molecular weight excluding hydrogens is 414 g/mol. The van der Waals surface area contributed by atoms with Crippen LogP contribution < -0.4 is 0 Å². The Balaban J connectivity index is 0.00000272. The van der Waals surface area contributed by atoms with Gasteiger partial charge in [-0.3, -0.25) is 0 Å². The number of aryl methyl sites for hydroxylation is 1. The molecule has 2 N–H and O–H groups in total. The lowest BCUT2D eigenvalue weighted by atomic mass is 10.1. The Kier molecular flexibility index (Phi) is 6.82. The molecule has 31 heavy (non-hydrogen) atoms. The zero-order valence-electron chi connectivity index (χ0n) is 17.6. The van der Waals surface area contributed by atoms with Crippen molar-refractivity contribution < 1.29 is 14.3 Å². The molecule has 0 fully saturated rings. The summed E-state index contributed by atoms with van der Waals surface area (Å²) in [7, 11) is 1.62. The average Bonchev–Trinajstić information content (AvgIpc) is 3.47. The number of nitrogens with zero attached hydrogens (tertiary/aromatic N) is 1. The summed E-state index contributed by atoms with van der Waals surface area (Å²) in [5.74, 6) is 0.318. The highest BCUT2D eigenvalue weighted by atomic mass is 35.5. The maximum atomic E-state index is 12.7. The number of aromatic nitrogens is 2. The van der Waals surface area contributed by atoms with Crippen LogP contribution in [0.1, 0.15) is 38.6 Å². The molecule has 1 aliphatic rings. The molecule has 0 amide bonds. The Hall–Kier alpha value is -3.51. The largest absolute Gasteiger partial charge is 0.494 e. The van der Waals surface area contributed by atoms with Crippen LogP contribution in [0.25, 0.3) is 6.08 Å². The molecule has 6 nitrogen and oxygen atoms in total. The van der Waals surface area contributed by atoms with Crippen LogP contribution in [0, 0.1) is 13.8 Å². The highest BCUT2D eigenvalue weighted by molar-refractivity contribution is 6.11. The Morgan fingerprint density at radius 3 is 2.58 bits per heavy atom. The fourth-order valence-corrected chi connectivity index (χ4v) is 3.47. The summed E-state index contributed by atoms with van der Waals surface area (Å²) in [4.78, 5) is 23.8. The highest BCUT2D eigenvalue weighted by Crippen LogP contribution is 2.27. The van der Waals surface area contributed by atoms with Crippen molar-refractivity contribution in [1.82, 2.24) is 9.97 Å². The molecule has 0 bridgehead atoms. The minimum absolute atomic E-state index is 0.